The maximum Gasteiger partial charge on any atom is 0.335 e. The maximum atomic E-state index is 10.9. The number of nitrogens with zero attached hydrogens (tertiary/aromatic N) is 2. The Labute approximate surface area is 103 Å². The van der Waals surface area contributed by atoms with Crippen LogP contribution >= 0.6 is 0 Å². The zero-order valence-electron chi connectivity index (χ0n) is 9.83. The number of benzene rings is 1. The topological polar surface area (TPSA) is 98.2 Å². The van der Waals surface area contributed by atoms with Crippen molar-refractivity contribution in [2.45, 2.75) is 19.4 Å². The van der Waals surface area contributed by atoms with E-state index in [1.54, 1.807) is 12.4 Å². The van der Waals surface area contributed by atoms with Crippen molar-refractivity contribution in [2.75, 3.05) is 0 Å². The van der Waals surface area contributed by atoms with E-state index in [9.17, 15) is 9.59 Å². The highest BCUT2D eigenvalue weighted by Crippen LogP contribution is 2.20. The number of hydrogen-bond acceptors (Lipinski definition) is 3. The van der Waals surface area contributed by atoms with Crippen molar-refractivity contribution < 1.29 is 14.7 Å². The van der Waals surface area contributed by atoms with E-state index in [-0.39, 0.29) is 23.9 Å². The first-order valence-electron chi connectivity index (χ1n) is 5.47. The average Bonchev–Trinajstić information content (AvgIpc) is 2.70. The Morgan fingerprint density at radius 1 is 1.50 bits per heavy atom. The number of carboxylic acids is 1. The fraction of sp³-hybridized carbons (Fsp3) is 0.250. The summed E-state index contributed by atoms with van der Waals surface area (Å²) in [5.74, 6) is -1.37. The largest absolute Gasteiger partial charge is 0.478 e. The normalized spacial score (nSPS) is 12.5. The molecule has 1 aromatic heterocycles. The molecule has 1 unspecified atom stereocenters. The van der Waals surface area contributed by atoms with Crippen LogP contribution in [0.15, 0.2) is 24.5 Å². The third kappa shape index (κ3) is 2.17. The molecule has 2 aromatic rings. The number of rotatable bonds is 4. The van der Waals surface area contributed by atoms with E-state index in [1.165, 1.54) is 12.1 Å². The Balaban J connectivity index is 2.42. The number of hydrogen-bond donors (Lipinski definition) is 2. The van der Waals surface area contributed by atoms with Crippen LogP contribution < -0.4 is 5.73 Å². The summed E-state index contributed by atoms with van der Waals surface area (Å²) in [4.78, 5) is 25.9. The van der Waals surface area contributed by atoms with Gasteiger partial charge < -0.3 is 15.4 Å². The van der Waals surface area contributed by atoms with E-state index in [2.05, 4.69) is 4.98 Å². The van der Waals surface area contributed by atoms with Crippen molar-refractivity contribution in [3.63, 3.8) is 0 Å². The molecule has 18 heavy (non-hydrogen) atoms. The lowest BCUT2D eigenvalue weighted by molar-refractivity contribution is -0.118. The molecule has 0 aliphatic heterocycles. The molecule has 3 N–H and O–H groups in total. The van der Waals surface area contributed by atoms with Gasteiger partial charge in [0.05, 0.1) is 22.9 Å². The molecule has 6 nitrogen and oxygen atoms in total. The summed E-state index contributed by atoms with van der Waals surface area (Å²) in [6.45, 7) is 1.86. The molecule has 1 heterocycles. The quantitative estimate of drug-likeness (QED) is 0.847. The minimum absolute atomic E-state index is 0.108. The third-order valence-corrected chi connectivity index (χ3v) is 2.79. The van der Waals surface area contributed by atoms with Gasteiger partial charge in [0, 0.05) is 12.5 Å². The number of carbonyl (C=O) groups excluding carboxylic acids is 1. The number of fused-ring (bicyclic) bond motifs is 1. The second kappa shape index (κ2) is 4.48. The smallest absolute Gasteiger partial charge is 0.335 e. The monoisotopic (exact) mass is 247 g/mol. The van der Waals surface area contributed by atoms with Crippen molar-refractivity contribution in [2.24, 2.45) is 5.73 Å². The van der Waals surface area contributed by atoms with Crippen LogP contribution in [0.4, 0.5) is 0 Å². The molecule has 0 spiro atoms. The van der Waals surface area contributed by atoms with Crippen molar-refractivity contribution in [1.29, 1.82) is 0 Å². The van der Waals surface area contributed by atoms with Crippen molar-refractivity contribution >= 4 is 22.9 Å². The number of imidazole rings is 1. The van der Waals surface area contributed by atoms with E-state index in [0.717, 1.165) is 5.52 Å². The predicted octanol–water partition coefficient (Wildman–Crippen LogP) is 1.17. The molecular weight excluding hydrogens is 234 g/mol. The average molecular weight is 247 g/mol. The number of aromatic carboxylic acids is 1. The van der Waals surface area contributed by atoms with E-state index in [0.29, 0.717) is 5.52 Å². The van der Waals surface area contributed by atoms with E-state index in [4.69, 9.17) is 10.8 Å². The van der Waals surface area contributed by atoms with Gasteiger partial charge in [0.2, 0.25) is 5.91 Å². The van der Waals surface area contributed by atoms with Gasteiger partial charge in [-0.3, -0.25) is 4.79 Å². The molecule has 0 aliphatic rings. The Bertz CT molecular complexity index is 618. The Kier molecular flexibility index (Phi) is 3.01. The van der Waals surface area contributed by atoms with E-state index < -0.39 is 5.97 Å². The van der Waals surface area contributed by atoms with Gasteiger partial charge in [0.15, 0.2) is 0 Å². The van der Waals surface area contributed by atoms with Crippen molar-refractivity contribution in [1.82, 2.24) is 9.55 Å². The summed E-state index contributed by atoms with van der Waals surface area (Å²) in [6.07, 6.45) is 1.80. The molecule has 6 heteroatoms. The van der Waals surface area contributed by atoms with E-state index >= 15 is 0 Å². The van der Waals surface area contributed by atoms with Crippen molar-refractivity contribution in [3.8, 4) is 0 Å². The highest BCUT2D eigenvalue weighted by Gasteiger charge is 2.13. The summed E-state index contributed by atoms with van der Waals surface area (Å²) >= 11 is 0. The van der Waals surface area contributed by atoms with Gasteiger partial charge in [-0.25, -0.2) is 9.78 Å². The van der Waals surface area contributed by atoms with Gasteiger partial charge in [0.1, 0.15) is 0 Å². The fourth-order valence-electron chi connectivity index (χ4n) is 1.91. The molecule has 1 atom stereocenters. The lowest BCUT2D eigenvalue weighted by Gasteiger charge is -2.12. The number of carbonyl (C=O) groups is 2. The summed E-state index contributed by atoms with van der Waals surface area (Å²) < 4.78 is 1.81. The van der Waals surface area contributed by atoms with Crippen molar-refractivity contribution in [3.05, 3.63) is 30.1 Å². The molecule has 0 bridgehead atoms. The van der Waals surface area contributed by atoms with Gasteiger partial charge >= 0.3 is 5.97 Å². The standard InChI is InChI=1S/C12H13N3O3/c1-7(4-11(13)16)15-6-14-9-5-8(12(17)18)2-3-10(9)15/h2-3,5-7H,4H2,1H3,(H2,13,16)(H,17,18). The molecule has 94 valence electrons. The SMILES string of the molecule is CC(CC(N)=O)n1cnc2cc(C(=O)O)ccc21. The number of nitrogens with two attached hydrogens (primary N) is 1. The summed E-state index contributed by atoms with van der Waals surface area (Å²) in [5.41, 5.74) is 6.72. The first-order valence-corrected chi connectivity index (χ1v) is 5.47. The lowest BCUT2D eigenvalue weighted by Crippen LogP contribution is -2.16. The van der Waals surface area contributed by atoms with Crippen LogP contribution in [-0.2, 0) is 4.79 Å². The minimum atomic E-state index is -0.989. The number of carboxylic acid groups (broad SMARTS) is 1. The second-order valence-corrected chi connectivity index (χ2v) is 4.18. The molecule has 1 aromatic carbocycles. The zero-order chi connectivity index (χ0) is 13.3. The molecule has 0 aliphatic carbocycles. The minimum Gasteiger partial charge on any atom is -0.478 e. The highest BCUT2D eigenvalue weighted by atomic mass is 16.4. The van der Waals surface area contributed by atoms with Crippen LogP contribution in [0.3, 0.4) is 0 Å². The Hall–Kier alpha value is -2.37. The lowest BCUT2D eigenvalue weighted by atomic mass is 10.2. The van der Waals surface area contributed by atoms with Crippen LogP contribution in [0.1, 0.15) is 29.7 Å². The molecule has 0 radical (unpaired) electrons. The van der Waals surface area contributed by atoms with Gasteiger partial charge in [-0.2, -0.15) is 0 Å². The molecule has 0 saturated heterocycles. The molecular formula is C12H13N3O3. The van der Waals surface area contributed by atoms with Gasteiger partial charge in [0.25, 0.3) is 0 Å². The highest BCUT2D eigenvalue weighted by molar-refractivity contribution is 5.92. The molecule has 1 amide bonds. The zero-order valence-corrected chi connectivity index (χ0v) is 9.83. The third-order valence-electron chi connectivity index (χ3n) is 2.79. The van der Waals surface area contributed by atoms with Crippen LogP contribution in [0.2, 0.25) is 0 Å². The number of primary amides is 1. The number of aromatic nitrogens is 2. The molecule has 0 fully saturated rings. The van der Waals surface area contributed by atoms with Crippen LogP contribution in [0.5, 0.6) is 0 Å². The second-order valence-electron chi connectivity index (χ2n) is 4.18. The van der Waals surface area contributed by atoms with E-state index in [1.807, 2.05) is 11.5 Å². The van der Waals surface area contributed by atoms with Crippen LogP contribution in [-0.4, -0.2) is 26.5 Å². The predicted molar refractivity (Wildman–Crippen MR) is 65.2 cm³/mol. The molecule has 0 saturated carbocycles. The number of amides is 1. The van der Waals surface area contributed by atoms with Crippen LogP contribution in [0.25, 0.3) is 11.0 Å². The summed E-state index contributed by atoms with van der Waals surface area (Å²) in [6, 6.07) is 4.59. The summed E-state index contributed by atoms with van der Waals surface area (Å²) in [5, 5.41) is 8.88. The van der Waals surface area contributed by atoms with Gasteiger partial charge in [-0.05, 0) is 25.1 Å². The van der Waals surface area contributed by atoms with Gasteiger partial charge in [-0.1, -0.05) is 0 Å². The van der Waals surface area contributed by atoms with Crippen LogP contribution in [0, 0.1) is 0 Å². The molecule has 2 rings (SSSR count). The van der Waals surface area contributed by atoms with Gasteiger partial charge in [-0.15, -0.1) is 0 Å². The first-order chi connectivity index (χ1) is 8.49. The summed E-state index contributed by atoms with van der Waals surface area (Å²) in [7, 11) is 0. The maximum absolute atomic E-state index is 10.9. The fourth-order valence-corrected chi connectivity index (χ4v) is 1.91. The Morgan fingerprint density at radius 3 is 2.83 bits per heavy atom. The Morgan fingerprint density at radius 2 is 2.22 bits per heavy atom. The first kappa shape index (κ1) is 12.1.